The Morgan fingerprint density at radius 2 is 1.45 bits per heavy atom. The van der Waals surface area contributed by atoms with Crippen LogP contribution in [0.2, 0.25) is 0 Å². The van der Waals surface area contributed by atoms with Crippen LogP contribution in [-0.4, -0.2) is 16.9 Å². The van der Waals surface area contributed by atoms with E-state index in [2.05, 4.69) is 6.92 Å². The Bertz CT molecular complexity index is 768. The fourth-order valence-electron chi connectivity index (χ4n) is 3.28. The van der Waals surface area contributed by atoms with Crippen molar-refractivity contribution in [1.29, 1.82) is 0 Å². The average Bonchev–Trinajstić information content (AvgIpc) is 2.73. The molecule has 0 atom stereocenters. The number of aromatic hydroxyl groups is 1. The zero-order chi connectivity index (χ0) is 20.9. The molecule has 0 spiro atoms. The molecule has 4 heteroatoms. The Hall–Kier alpha value is -2.62. The molecule has 4 nitrogen and oxygen atoms in total. The van der Waals surface area contributed by atoms with Crippen LogP contribution >= 0.6 is 0 Å². The van der Waals surface area contributed by atoms with Gasteiger partial charge in [-0.1, -0.05) is 88.6 Å². The summed E-state index contributed by atoms with van der Waals surface area (Å²) in [5.74, 6) is -0.544. The van der Waals surface area contributed by atoms with Gasteiger partial charge >= 0.3 is 5.97 Å². The van der Waals surface area contributed by atoms with E-state index in [1.807, 2.05) is 6.07 Å². The van der Waals surface area contributed by atoms with E-state index in [1.54, 1.807) is 24.3 Å². The minimum atomic E-state index is -0.374. The molecule has 0 bridgehead atoms. The highest BCUT2D eigenvalue weighted by molar-refractivity contribution is 6.11. The number of ether oxygens (including phenoxy) is 1. The zero-order valence-corrected chi connectivity index (χ0v) is 17.4. The van der Waals surface area contributed by atoms with Crippen molar-refractivity contribution in [3.05, 3.63) is 59.7 Å². The topological polar surface area (TPSA) is 63.6 Å². The molecule has 0 heterocycles. The summed E-state index contributed by atoms with van der Waals surface area (Å²) in [6, 6.07) is 13.1. The third-order valence-corrected chi connectivity index (χ3v) is 4.95. The number of phenols is 1. The van der Waals surface area contributed by atoms with Gasteiger partial charge in [-0.25, -0.2) is 0 Å². The van der Waals surface area contributed by atoms with E-state index >= 15 is 0 Å². The number of hydrogen-bond donors (Lipinski definition) is 1. The summed E-state index contributed by atoms with van der Waals surface area (Å²) < 4.78 is 5.42. The molecular formula is C25H32O4. The number of carbonyl (C=O) groups is 2. The van der Waals surface area contributed by atoms with Gasteiger partial charge in [-0.15, -0.1) is 0 Å². The first-order valence-corrected chi connectivity index (χ1v) is 10.7. The summed E-state index contributed by atoms with van der Waals surface area (Å²) in [5, 5.41) is 9.75. The summed E-state index contributed by atoms with van der Waals surface area (Å²) >= 11 is 0. The normalized spacial score (nSPS) is 10.7. The maximum absolute atomic E-state index is 12.7. The minimum absolute atomic E-state index is 0.0412. The van der Waals surface area contributed by atoms with Crippen molar-refractivity contribution < 1.29 is 19.4 Å². The van der Waals surface area contributed by atoms with Gasteiger partial charge in [-0.2, -0.15) is 0 Å². The molecule has 2 rings (SSSR count). The van der Waals surface area contributed by atoms with Crippen molar-refractivity contribution in [1.82, 2.24) is 0 Å². The van der Waals surface area contributed by atoms with Gasteiger partial charge < -0.3 is 9.84 Å². The average molecular weight is 397 g/mol. The number of benzene rings is 2. The molecule has 0 fully saturated rings. The van der Waals surface area contributed by atoms with E-state index in [0.717, 1.165) is 19.3 Å². The van der Waals surface area contributed by atoms with Gasteiger partial charge in [0.15, 0.2) is 5.78 Å². The smallest absolute Gasteiger partial charge is 0.311 e. The molecule has 29 heavy (non-hydrogen) atoms. The lowest BCUT2D eigenvalue weighted by molar-refractivity contribution is -0.134. The summed E-state index contributed by atoms with van der Waals surface area (Å²) in [5.41, 5.74) is 0.781. The van der Waals surface area contributed by atoms with Gasteiger partial charge in [-0.3, -0.25) is 9.59 Å². The number of phenolic OH excluding ortho intramolecular Hbond substituents is 1. The van der Waals surface area contributed by atoms with Crippen LogP contribution in [0, 0.1) is 0 Å². The maximum Gasteiger partial charge on any atom is 0.311 e. The Morgan fingerprint density at radius 1 is 0.828 bits per heavy atom. The second kappa shape index (κ2) is 12.8. The van der Waals surface area contributed by atoms with E-state index in [9.17, 15) is 14.7 Å². The first kappa shape index (κ1) is 22.7. The third-order valence-electron chi connectivity index (χ3n) is 4.95. The largest absolute Gasteiger partial charge is 0.508 e. The lowest BCUT2D eigenvalue weighted by Crippen LogP contribution is -2.11. The highest BCUT2D eigenvalue weighted by Gasteiger charge is 2.17. The number of ketones is 1. The van der Waals surface area contributed by atoms with E-state index in [-0.39, 0.29) is 28.8 Å². The molecule has 0 aromatic heterocycles. The van der Waals surface area contributed by atoms with Crippen molar-refractivity contribution in [2.45, 2.75) is 71.1 Å². The summed E-state index contributed by atoms with van der Waals surface area (Å²) in [6.45, 7) is 2.22. The molecule has 0 aliphatic heterocycles. The lowest BCUT2D eigenvalue weighted by Gasteiger charge is -2.10. The van der Waals surface area contributed by atoms with Crippen LogP contribution in [0.15, 0.2) is 48.5 Å². The third kappa shape index (κ3) is 8.10. The van der Waals surface area contributed by atoms with Crippen LogP contribution in [0.1, 0.15) is 87.1 Å². The minimum Gasteiger partial charge on any atom is -0.508 e. The SMILES string of the molecule is CCCCCCCCCCCC(=O)Oc1cc(O)ccc1C(=O)c1ccccc1. The molecule has 0 saturated carbocycles. The Labute approximate surface area is 173 Å². The second-order valence-electron chi connectivity index (χ2n) is 7.43. The Balaban J connectivity index is 1.81. The fraction of sp³-hybridized carbons (Fsp3) is 0.440. The van der Waals surface area contributed by atoms with E-state index in [0.29, 0.717) is 12.0 Å². The quantitative estimate of drug-likeness (QED) is 0.183. The second-order valence-corrected chi connectivity index (χ2v) is 7.43. The molecule has 0 aliphatic carbocycles. The number of rotatable bonds is 13. The molecule has 2 aromatic carbocycles. The molecular weight excluding hydrogens is 364 g/mol. The zero-order valence-electron chi connectivity index (χ0n) is 17.4. The summed E-state index contributed by atoms with van der Waals surface area (Å²) in [7, 11) is 0. The monoisotopic (exact) mass is 396 g/mol. The number of unbranched alkanes of at least 4 members (excludes halogenated alkanes) is 8. The van der Waals surface area contributed by atoms with Gasteiger partial charge in [0, 0.05) is 18.1 Å². The summed E-state index contributed by atoms with van der Waals surface area (Å²) in [6.07, 6.45) is 10.9. The molecule has 2 aromatic rings. The van der Waals surface area contributed by atoms with Gasteiger partial charge in [0.05, 0.1) is 5.56 Å². The fourth-order valence-corrected chi connectivity index (χ4v) is 3.28. The van der Waals surface area contributed by atoms with Crippen LogP contribution in [0.5, 0.6) is 11.5 Å². The van der Waals surface area contributed by atoms with Crippen molar-refractivity contribution in [3.63, 3.8) is 0 Å². The molecule has 0 saturated heterocycles. The lowest BCUT2D eigenvalue weighted by atomic mass is 10.0. The predicted octanol–water partition coefficient (Wildman–Crippen LogP) is 6.45. The Kier molecular flexibility index (Phi) is 9.98. The van der Waals surface area contributed by atoms with Gasteiger partial charge in [0.1, 0.15) is 11.5 Å². The highest BCUT2D eigenvalue weighted by Crippen LogP contribution is 2.27. The molecule has 1 N–H and O–H groups in total. The van der Waals surface area contributed by atoms with Gasteiger partial charge in [-0.05, 0) is 18.6 Å². The molecule has 0 radical (unpaired) electrons. The van der Waals surface area contributed by atoms with Crippen LogP contribution in [0.3, 0.4) is 0 Å². The Morgan fingerprint density at radius 3 is 2.10 bits per heavy atom. The number of esters is 1. The van der Waals surface area contributed by atoms with Crippen molar-refractivity contribution in [2.75, 3.05) is 0 Å². The molecule has 0 amide bonds. The van der Waals surface area contributed by atoms with Gasteiger partial charge in [0.25, 0.3) is 0 Å². The first-order chi connectivity index (χ1) is 14.1. The predicted molar refractivity (Wildman–Crippen MR) is 115 cm³/mol. The van der Waals surface area contributed by atoms with E-state index in [1.165, 1.54) is 56.7 Å². The summed E-state index contributed by atoms with van der Waals surface area (Å²) in [4.78, 5) is 24.9. The van der Waals surface area contributed by atoms with Crippen molar-refractivity contribution in [2.24, 2.45) is 0 Å². The van der Waals surface area contributed by atoms with Crippen molar-refractivity contribution in [3.8, 4) is 11.5 Å². The molecule has 0 aliphatic rings. The van der Waals surface area contributed by atoms with E-state index < -0.39 is 0 Å². The van der Waals surface area contributed by atoms with Crippen LogP contribution in [0.25, 0.3) is 0 Å². The van der Waals surface area contributed by atoms with Gasteiger partial charge in [0.2, 0.25) is 0 Å². The van der Waals surface area contributed by atoms with Crippen LogP contribution in [-0.2, 0) is 4.79 Å². The van der Waals surface area contributed by atoms with Crippen molar-refractivity contribution >= 4 is 11.8 Å². The molecule has 156 valence electrons. The first-order valence-electron chi connectivity index (χ1n) is 10.7. The maximum atomic E-state index is 12.7. The van der Waals surface area contributed by atoms with Crippen LogP contribution < -0.4 is 4.74 Å². The number of carbonyl (C=O) groups excluding carboxylic acids is 2. The van der Waals surface area contributed by atoms with E-state index in [4.69, 9.17) is 4.74 Å². The standard InChI is InChI=1S/C25H32O4/c1-2-3-4-5-6-7-8-9-13-16-24(27)29-23-19-21(26)17-18-22(23)25(28)20-14-11-10-12-15-20/h10-12,14-15,17-19,26H,2-9,13,16H2,1H3. The molecule has 0 unspecified atom stereocenters. The highest BCUT2D eigenvalue weighted by atomic mass is 16.5. The number of hydrogen-bond acceptors (Lipinski definition) is 4. The van der Waals surface area contributed by atoms with Crippen LogP contribution in [0.4, 0.5) is 0 Å².